The van der Waals surface area contributed by atoms with E-state index in [-0.39, 0.29) is 11.6 Å². The number of benzene rings is 1. The number of pyridine rings is 1. The summed E-state index contributed by atoms with van der Waals surface area (Å²) in [6, 6.07) is 13.6. The highest BCUT2D eigenvalue weighted by Gasteiger charge is 2.38. The number of hydrogen-bond acceptors (Lipinski definition) is 6. The van der Waals surface area contributed by atoms with Gasteiger partial charge in [0.25, 0.3) is 0 Å². The minimum atomic E-state index is -0.576. The minimum absolute atomic E-state index is 0.247. The fourth-order valence-corrected chi connectivity index (χ4v) is 2.68. The van der Waals surface area contributed by atoms with E-state index < -0.39 is 17.7 Å². The normalized spacial score (nSPS) is 19.2. The third-order valence-corrected chi connectivity index (χ3v) is 4.06. The smallest absolute Gasteiger partial charge is 0.357 e. The van der Waals surface area contributed by atoms with Crippen molar-refractivity contribution in [1.82, 2.24) is 4.98 Å². The molecular weight excluding hydrogens is 344 g/mol. The number of ether oxygens (including phenoxy) is 2. The maximum Gasteiger partial charge on any atom is 0.357 e. The van der Waals surface area contributed by atoms with E-state index in [0.29, 0.717) is 18.1 Å². The van der Waals surface area contributed by atoms with Gasteiger partial charge >= 0.3 is 5.97 Å². The summed E-state index contributed by atoms with van der Waals surface area (Å²) in [6.45, 7) is 7.81. The fraction of sp³-hybridized carbons (Fsp3) is 0.381. The predicted octanol–water partition coefficient (Wildman–Crippen LogP) is 4.07. The van der Waals surface area contributed by atoms with Crippen LogP contribution in [0.15, 0.2) is 53.8 Å². The van der Waals surface area contributed by atoms with Gasteiger partial charge in [-0.05, 0) is 38.5 Å². The second-order valence-electron chi connectivity index (χ2n) is 7.49. The van der Waals surface area contributed by atoms with Gasteiger partial charge in [0.05, 0.1) is 17.8 Å². The Morgan fingerprint density at radius 2 is 1.89 bits per heavy atom. The number of nitrogens with zero attached hydrogens (tertiary/aromatic N) is 2. The van der Waals surface area contributed by atoms with Gasteiger partial charge in [0.1, 0.15) is 18.0 Å². The topological polar surface area (TPSA) is 70.0 Å². The van der Waals surface area contributed by atoms with Crippen LogP contribution in [0.4, 0.5) is 0 Å². The molecule has 2 atom stereocenters. The Labute approximate surface area is 159 Å². The van der Waals surface area contributed by atoms with Crippen molar-refractivity contribution in [1.29, 1.82) is 0 Å². The van der Waals surface area contributed by atoms with E-state index in [4.69, 9.17) is 14.3 Å². The zero-order valence-electron chi connectivity index (χ0n) is 16.0. The molecule has 2 heterocycles. The van der Waals surface area contributed by atoms with Gasteiger partial charge in [0, 0.05) is 0 Å². The van der Waals surface area contributed by atoms with Crippen LogP contribution in [0.1, 0.15) is 45.1 Å². The van der Waals surface area contributed by atoms with Crippen LogP contribution >= 0.6 is 0 Å². The van der Waals surface area contributed by atoms with Crippen LogP contribution in [0.2, 0.25) is 0 Å². The van der Waals surface area contributed by atoms with E-state index in [0.717, 1.165) is 5.56 Å². The Morgan fingerprint density at radius 1 is 1.15 bits per heavy atom. The molecule has 6 nitrogen and oxygen atoms in total. The quantitative estimate of drug-likeness (QED) is 0.744. The number of carbonyl (C=O) groups excluding carboxylic acids is 1. The van der Waals surface area contributed by atoms with E-state index in [1.807, 2.05) is 70.2 Å². The van der Waals surface area contributed by atoms with Crippen LogP contribution in [0.5, 0.6) is 5.75 Å². The lowest BCUT2D eigenvalue weighted by Crippen LogP contribution is -2.31. The molecule has 0 unspecified atom stereocenters. The van der Waals surface area contributed by atoms with E-state index >= 15 is 0 Å². The minimum Gasteiger partial charge on any atom is -0.487 e. The first kappa shape index (κ1) is 18.9. The Balaban J connectivity index is 1.60. The fourth-order valence-electron chi connectivity index (χ4n) is 2.68. The van der Waals surface area contributed by atoms with Gasteiger partial charge in [-0.25, -0.2) is 4.79 Å². The van der Waals surface area contributed by atoms with Gasteiger partial charge in [-0.3, -0.25) is 4.98 Å². The second kappa shape index (κ2) is 7.78. The molecular formula is C21H24N2O4. The van der Waals surface area contributed by atoms with Gasteiger partial charge in [-0.1, -0.05) is 42.4 Å². The van der Waals surface area contributed by atoms with Crippen LogP contribution in [-0.4, -0.2) is 22.3 Å². The van der Waals surface area contributed by atoms with E-state index in [9.17, 15) is 4.79 Å². The zero-order chi connectivity index (χ0) is 19.4. The molecule has 0 bridgehead atoms. The number of aromatic nitrogens is 1. The molecule has 0 fully saturated rings. The van der Waals surface area contributed by atoms with Crippen molar-refractivity contribution in [2.75, 3.05) is 0 Å². The maximum atomic E-state index is 12.2. The highest BCUT2D eigenvalue weighted by molar-refractivity contribution is 6.37. The van der Waals surface area contributed by atoms with Gasteiger partial charge in [0.15, 0.2) is 11.8 Å². The number of carbonyl (C=O) groups is 1. The van der Waals surface area contributed by atoms with Crippen molar-refractivity contribution in [3.8, 4) is 5.75 Å². The van der Waals surface area contributed by atoms with Crippen molar-refractivity contribution in [3.63, 3.8) is 0 Å². The Morgan fingerprint density at radius 3 is 2.52 bits per heavy atom. The molecule has 0 amide bonds. The Bertz CT molecular complexity index is 810. The van der Waals surface area contributed by atoms with Gasteiger partial charge < -0.3 is 14.3 Å². The van der Waals surface area contributed by atoms with E-state index in [1.54, 1.807) is 6.20 Å². The Kier molecular flexibility index (Phi) is 5.44. The van der Waals surface area contributed by atoms with Crippen LogP contribution in [0, 0.1) is 5.92 Å². The molecule has 3 rings (SSSR count). The molecule has 142 valence electrons. The summed E-state index contributed by atoms with van der Waals surface area (Å²) in [7, 11) is 0. The summed E-state index contributed by atoms with van der Waals surface area (Å²) < 4.78 is 11.1. The third kappa shape index (κ3) is 4.84. The molecule has 6 heteroatoms. The first-order valence-corrected chi connectivity index (χ1v) is 8.93. The third-order valence-electron chi connectivity index (χ3n) is 4.06. The summed E-state index contributed by atoms with van der Waals surface area (Å²) in [4.78, 5) is 22.1. The standard InChI is InChI=1S/C21H24N2O4/c1-14-18(20(24)26-21(2,3)4)23-27-19(14)17-11-10-16(12-22-17)25-13-15-8-6-5-7-9-15/h5-12,14,19H,13H2,1-4H3/t14-,19-/m0/s1. The second-order valence-corrected chi connectivity index (χ2v) is 7.49. The molecule has 1 aliphatic rings. The molecule has 0 saturated heterocycles. The molecule has 0 radical (unpaired) electrons. The lowest BCUT2D eigenvalue weighted by molar-refractivity contribution is -0.146. The monoisotopic (exact) mass is 368 g/mol. The summed E-state index contributed by atoms with van der Waals surface area (Å²) >= 11 is 0. The molecule has 1 aliphatic heterocycles. The Hall–Kier alpha value is -2.89. The van der Waals surface area contributed by atoms with Crippen LogP contribution in [0.25, 0.3) is 0 Å². The molecule has 0 spiro atoms. The van der Waals surface area contributed by atoms with Crippen LogP contribution in [-0.2, 0) is 21.0 Å². The lowest BCUT2D eigenvalue weighted by Gasteiger charge is -2.20. The zero-order valence-corrected chi connectivity index (χ0v) is 16.0. The molecule has 0 N–H and O–H groups in total. The van der Waals surface area contributed by atoms with Crippen molar-refractivity contribution in [2.24, 2.45) is 11.1 Å². The van der Waals surface area contributed by atoms with Gasteiger partial charge in [-0.15, -0.1) is 0 Å². The summed E-state index contributed by atoms with van der Waals surface area (Å²) in [5, 5.41) is 3.93. The van der Waals surface area contributed by atoms with Crippen molar-refractivity contribution >= 4 is 11.7 Å². The average Bonchev–Trinajstić information content (AvgIpc) is 3.01. The number of rotatable bonds is 5. The molecule has 0 aliphatic carbocycles. The molecule has 2 aromatic rings. The van der Waals surface area contributed by atoms with E-state index in [1.165, 1.54) is 0 Å². The van der Waals surface area contributed by atoms with Crippen LogP contribution in [0.3, 0.4) is 0 Å². The van der Waals surface area contributed by atoms with Crippen molar-refractivity contribution in [3.05, 3.63) is 59.9 Å². The van der Waals surface area contributed by atoms with Crippen molar-refractivity contribution < 1.29 is 19.1 Å². The van der Waals surface area contributed by atoms with Gasteiger partial charge in [0.2, 0.25) is 0 Å². The van der Waals surface area contributed by atoms with Crippen molar-refractivity contribution in [2.45, 2.75) is 46.0 Å². The molecule has 1 aromatic carbocycles. The molecule has 27 heavy (non-hydrogen) atoms. The largest absolute Gasteiger partial charge is 0.487 e. The first-order chi connectivity index (χ1) is 12.8. The molecule has 1 aromatic heterocycles. The predicted molar refractivity (Wildman–Crippen MR) is 101 cm³/mol. The van der Waals surface area contributed by atoms with Gasteiger partial charge in [-0.2, -0.15) is 0 Å². The molecule has 0 saturated carbocycles. The van der Waals surface area contributed by atoms with E-state index in [2.05, 4.69) is 10.1 Å². The highest BCUT2D eigenvalue weighted by atomic mass is 16.6. The summed E-state index contributed by atoms with van der Waals surface area (Å²) in [5.41, 5.74) is 1.48. The number of oxime groups is 1. The maximum absolute atomic E-state index is 12.2. The average molecular weight is 368 g/mol. The number of esters is 1. The lowest BCUT2D eigenvalue weighted by atomic mass is 9.97. The SMILES string of the molecule is C[C@H]1C(C(=O)OC(C)(C)C)=NO[C@@H]1c1ccc(OCc2ccccc2)cn1. The number of hydrogen-bond donors (Lipinski definition) is 0. The van der Waals surface area contributed by atoms with Crippen LogP contribution < -0.4 is 4.74 Å². The highest BCUT2D eigenvalue weighted by Crippen LogP contribution is 2.32. The first-order valence-electron chi connectivity index (χ1n) is 8.93. The summed E-state index contributed by atoms with van der Waals surface area (Å²) in [6.07, 6.45) is 1.23. The summed E-state index contributed by atoms with van der Waals surface area (Å²) in [5.74, 6) is -0.0368.